The van der Waals surface area contributed by atoms with Gasteiger partial charge in [0, 0.05) is 48.0 Å². The number of nitrogens with one attached hydrogen (secondary N) is 2. The number of para-hydroxylation sites is 1. The molecule has 0 aliphatic carbocycles. The van der Waals surface area contributed by atoms with Gasteiger partial charge < -0.3 is 15.2 Å². The van der Waals surface area contributed by atoms with Crippen LogP contribution in [-0.2, 0) is 20.0 Å². The number of urea groups is 1. The van der Waals surface area contributed by atoms with E-state index in [1.54, 1.807) is 0 Å². The Hall–Kier alpha value is -2.76. The van der Waals surface area contributed by atoms with Crippen LogP contribution in [-0.4, -0.2) is 32.2 Å². The highest BCUT2D eigenvalue weighted by molar-refractivity contribution is 5.86. The average Bonchev–Trinajstić information content (AvgIpc) is 3.19. The van der Waals surface area contributed by atoms with E-state index in [1.807, 2.05) is 29.7 Å². The molecular formula is C21H27N5O. The summed E-state index contributed by atoms with van der Waals surface area (Å²) in [5.41, 5.74) is 5.82. The molecule has 6 nitrogen and oxygen atoms in total. The first-order valence-corrected chi connectivity index (χ1v) is 9.58. The molecule has 27 heavy (non-hydrogen) atoms. The van der Waals surface area contributed by atoms with Gasteiger partial charge in [0.25, 0.3) is 0 Å². The molecule has 1 atom stereocenters. The predicted octanol–water partition coefficient (Wildman–Crippen LogP) is 3.67. The summed E-state index contributed by atoms with van der Waals surface area (Å²) >= 11 is 0. The van der Waals surface area contributed by atoms with E-state index in [1.165, 1.54) is 16.6 Å². The number of nitrogens with zero attached hydrogens (tertiary/aromatic N) is 3. The van der Waals surface area contributed by atoms with Crippen molar-refractivity contribution in [3.05, 3.63) is 53.0 Å². The minimum absolute atomic E-state index is 0.0127. The van der Waals surface area contributed by atoms with E-state index in [-0.39, 0.29) is 12.1 Å². The van der Waals surface area contributed by atoms with E-state index in [0.29, 0.717) is 12.5 Å². The van der Waals surface area contributed by atoms with Crippen molar-refractivity contribution in [1.29, 1.82) is 0 Å². The van der Waals surface area contributed by atoms with Crippen LogP contribution in [0.5, 0.6) is 0 Å². The Bertz CT molecular complexity index is 984. The first-order valence-electron chi connectivity index (χ1n) is 9.58. The number of fused-ring (bicyclic) bond motifs is 3. The third-order valence-electron chi connectivity index (χ3n) is 5.74. The molecule has 4 rings (SSSR count). The van der Waals surface area contributed by atoms with Gasteiger partial charge in [-0.05, 0) is 30.9 Å². The molecule has 3 aromatic rings. The minimum atomic E-state index is -0.0127. The maximum atomic E-state index is 13.0. The van der Waals surface area contributed by atoms with E-state index in [9.17, 15) is 4.79 Å². The molecule has 1 aromatic carbocycles. The van der Waals surface area contributed by atoms with Gasteiger partial charge in [-0.3, -0.25) is 4.68 Å². The fourth-order valence-corrected chi connectivity index (χ4v) is 4.18. The molecule has 1 aliphatic heterocycles. The van der Waals surface area contributed by atoms with Gasteiger partial charge in [0.1, 0.15) is 0 Å². The average molecular weight is 365 g/mol. The summed E-state index contributed by atoms with van der Waals surface area (Å²) in [5, 5.41) is 8.62. The lowest BCUT2D eigenvalue weighted by Crippen LogP contribution is -2.47. The molecule has 2 aromatic heterocycles. The standard InChI is InChI=1S/C21H27N5O/c1-13(2)20-19-17(16-7-5-6-8-18(16)24-19)9-10-26(20)21(27)22-11-15-12-23-25(4)14(15)3/h5-8,12-13,20,24H,9-11H2,1-4H3,(H,22,27). The van der Waals surface area contributed by atoms with Crippen LogP contribution in [0.2, 0.25) is 0 Å². The molecular weight excluding hydrogens is 338 g/mol. The zero-order valence-electron chi connectivity index (χ0n) is 16.4. The fraction of sp³-hybridized carbons (Fsp3) is 0.429. The fourth-order valence-electron chi connectivity index (χ4n) is 4.18. The highest BCUT2D eigenvalue weighted by Gasteiger charge is 2.35. The number of rotatable bonds is 3. The van der Waals surface area contributed by atoms with Crippen LogP contribution in [0.1, 0.15) is 42.4 Å². The molecule has 0 bridgehead atoms. The molecule has 2 N–H and O–H groups in total. The van der Waals surface area contributed by atoms with Crippen molar-refractivity contribution in [2.75, 3.05) is 6.54 Å². The van der Waals surface area contributed by atoms with Gasteiger partial charge in [0.15, 0.2) is 0 Å². The van der Waals surface area contributed by atoms with Crippen LogP contribution in [0.4, 0.5) is 4.79 Å². The van der Waals surface area contributed by atoms with Gasteiger partial charge in [-0.15, -0.1) is 0 Å². The molecule has 1 aliphatic rings. The maximum Gasteiger partial charge on any atom is 0.318 e. The van der Waals surface area contributed by atoms with Crippen LogP contribution in [0.3, 0.4) is 0 Å². The van der Waals surface area contributed by atoms with Crippen LogP contribution < -0.4 is 5.32 Å². The van der Waals surface area contributed by atoms with Crippen LogP contribution in [0, 0.1) is 12.8 Å². The highest BCUT2D eigenvalue weighted by Crippen LogP contribution is 2.38. The van der Waals surface area contributed by atoms with Gasteiger partial charge >= 0.3 is 6.03 Å². The maximum absolute atomic E-state index is 13.0. The Morgan fingerprint density at radius 1 is 1.37 bits per heavy atom. The topological polar surface area (TPSA) is 66.0 Å². The lowest BCUT2D eigenvalue weighted by Gasteiger charge is -2.38. The van der Waals surface area contributed by atoms with Crippen molar-refractivity contribution in [2.24, 2.45) is 13.0 Å². The number of aromatic amines is 1. The monoisotopic (exact) mass is 365 g/mol. The number of carbonyl (C=O) groups is 1. The summed E-state index contributed by atoms with van der Waals surface area (Å²) in [6.45, 7) is 7.60. The van der Waals surface area contributed by atoms with Gasteiger partial charge in [-0.2, -0.15) is 5.10 Å². The van der Waals surface area contributed by atoms with Crippen LogP contribution >= 0.6 is 0 Å². The molecule has 1 unspecified atom stereocenters. The van der Waals surface area contributed by atoms with Gasteiger partial charge in [0.05, 0.1) is 12.2 Å². The number of aryl methyl sites for hydroxylation is 1. The molecule has 0 saturated carbocycles. The first kappa shape index (κ1) is 17.6. The number of amides is 2. The van der Waals surface area contributed by atoms with Gasteiger partial charge in [0.2, 0.25) is 0 Å². The first-order chi connectivity index (χ1) is 13.0. The highest BCUT2D eigenvalue weighted by atomic mass is 16.2. The van der Waals surface area contributed by atoms with Gasteiger partial charge in [-0.25, -0.2) is 4.79 Å². The van der Waals surface area contributed by atoms with Crippen molar-refractivity contribution >= 4 is 16.9 Å². The second kappa shape index (κ2) is 6.76. The summed E-state index contributed by atoms with van der Waals surface area (Å²) < 4.78 is 1.83. The summed E-state index contributed by atoms with van der Waals surface area (Å²) in [5.74, 6) is 0.322. The quantitative estimate of drug-likeness (QED) is 0.744. The predicted molar refractivity (Wildman–Crippen MR) is 106 cm³/mol. The largest absolute Gasteiger partial charge is 0.356 e. The molecule has 0 fully saturated rings. The Labute approximate surface area is 159 Å². The molecule has 2 amide bonds. The number of carbonyl (C=O) groups excluding carboxylic acids is 1. The van der Waals surface area contributed by atoms with E-state index in [0.717, 1.165) is 29.7 Å². The van der Waals surface area contributed by atoms with E-state index in [4.69, 9.17) is 0 Å². The molecule has 0 spiro atoms. The Kier molecular flexibility index (Phi) is 4.42. The summed E-state index contributed by atoms with van der Waals surface area (Å²) in [6.07, 6.45) is 2.70. The normalized spacial score (nSPS) is 16.8. The molecule has 6 heteroatoms. The third kappa shape index (κ3) is 2.99. The smallest absolute Gasteiger partial charge is 0.318 e. The number of H-pyrrole nitrogens is 1. The van der Waals surface area contributed by atoms with Crippen molar-refractivity contribution < 1.29 is 4.79 Å². The number of hydrogen-bond donors (Lipinski definition) is 2. The Morgan fingerprint density at radius 2 is 2.15 bits per heavy atom. The second-order valence-corrected chi connectivity index (χ2v) is 7.73. The SMILES string of the molecule is Cc1c(CNC(=O)N2CCc3c([nH]c4ccccc34)C2C(C)C)cnn1C. The number of benzene rings is 1. The molecule has 142 valence electrons. The molecule has 3 heterocycles. The Morgan fingerprint density at radius 3 is 2.85 bits per heavy atom. The van der Waals surface area contributed by atoms with Crippen LogP contribution in [0.25, 0.3) is 10.9 Å². The molecule has 0 saturated heterocycles. The van der Waals surface area contributed by atoms with E-state index >= 15 is 0 Å². The number of aromatic nitrogens is 3. The molecule has 0 radical (unpaired) electrons. The lowest BCUT2D eigenvalue weighted by molar-refractivity contribution is 0.146. The second-order valence-electron chi connectivity index (χ2n) is 7.73. The third-order valence-corrected chi connectivity index (χ3v) is 5.74. The number of hydrogen-bond acceptors (Lipinski definition) is 2. The summed E-state index contributed by atoms with van der Waals surface area (Å²) in [7, 11) is 1.91. The van der Waals surface area contributed by atoms with Crippen LogP contribution in [0.15, 0.2) is 30.5 Å². The van der Waals surface area contributed by atoms with E-state index < -0.39 is 0 Å². The summed E-state index contributed by atoms with van der Waals surface area (Å²) in [6, 6.07) is 8.45. The van der Waals surface area contributed by atoms with Crippen molar-refractivity contribution in [3.8, 4) is 0 Å². The van der Waals surface area contributed by atoms with Crippen molar-refractivity contribution in [1.82, 2.24) is 25.0 Å². The van der Waals surface area contributed by atoms with E-state index in [2.05, 4.69) is 53.5 Å². The van der Waals surface area contributed by atoms with Crippen molar-refractivity contribution in [3.63, 3.8) is 0 Å². The van der Waals surface area contributed by atoms with Crippen molar-refractivity contribution in [2.45, 2.75) is 39.8 Å². The zero-order valence-corrected chi connectivity index (χ0v) is 16.4. The van der Waals surface area contributed by atoms with Gasteiger partial charge in [-0.1, -0.05) is 32.0 Å². The lowest BCUT2D eigenvalue weighted by atomic mass is 9.90. The zero-order chi connectivity index (χ0) is 19.1. The Balaban J connectivity index is 1.59. The minimum Gasteiger partial charge on any atom is -0.356 e. The summed E-state index contributed by atoms with van der Waals surface area (Å²) in [4.78, 5) is 18.6.